The van der Waals surface area contributed by atoms with E-state index < -0.39 is 0 Å². The van der Waals surface area contributed by atoms with Crippen LogP contribution >= 0.6 is 23.1 Å². The lowest BCUT2D eigenvalue weighted by atomic mass is 9.97. The van der Waals surface area contributed by atoms with Crippen molar-refractivity contribution in [1.82, 2.24) is 14.8 Å². The molecule has 2 fully saturated rings. The first-order valence-corrected chi connectivity index (χ1v) is 11.6. The molecule has 8 heteroatoms. The number of benzene rings is 1. The van der Waals surface area contributed by atoms with Gasteiger partial charge in [-0.15, -0.1) is 23.1 Å². The van der Waals surface area contributed by atoms with E-state index in [1.807, 2.05) is 11.0 Å². The number of esters is 1. The van der Waals surface area contributed by atoms with Gasteiger partial charge in [0.25, 0.3) is 0 Å². The average Bonchev–Trinajstić information content (AvgIpc) is 3.18. The molecule has 2 aliphatic rings. The van der Waals surface area contributed by atoms with Crippen LogP contribution in [0.4, 0.5) is 0 Å². The number of likely N-dealkylation sites (tertiary alicyclic amines) is 1. The van der Waals surface area contributed by atoms with Gasteiger partial charge < -0.3 is 9.64 Å². The van der Waals surface area contributed by atoms with Crippen molar-refractivity contribution in [3.05, 3.63) is 29.3 Å². The van der Waals surface area contributed by atoms with Gasteiger partial charge in [0.15, 0.2) is 0 Å². The largest absolute Gasteiger partial charge is 0.468 e. The average molecular weight is 420 g/mol. The van der Waals surface area contributed by atoms with Crippen LogP contribution in [-0.2, 0) is 14.3 Å². The number of rotatable bonds is 4. The fraction of sp³-hybridized carbons (Fsp3) is 0.550. The molecular weight excluding hydrogens is 394 g/mol. The number of thiazole rings is 1. The minimum Gasteiger partial charge on any atom is -0.468 e. The SMILES string of the molecule is COC(=O)[C@H]1CN(C(=O)CN2CCC(c3nc4ccccc4s3)CC2)CCS1. The first kappa shape index (κ1) is 19.7. The first-order chi connectivity index (χ1) is 13.6. The normalized spacial score (nSPS) is 21.8. The number of hydrogen-bond donors (Lipinski definition) is 0. The molecule has 6 nitrogen and oxygen atoms in total. The molecule has 0 unspecified atom stereocenters. The monoisotopic (exact) mass is 419 g/mol. The number of piperidine rings is 1. The molecule has 0 N–H and O–H groups in total. The van der Waals surface area contributed by atoms with E-state index in [9.17, 15) is 9.59 Å². The van der Waals surface area contributed by atoms with Gasteiger partial charge in [0.1, 0.15) is 5.25 Å². The molecule has 2 aromatic rings. The highest BCUT2D eigenvalue weighted by Gasteiger charge is 2.31. The molecule has 1 atom stereocenters. The molecular formula is C20H25N3O3S2. The van der Waals surface area contributed by atoms with Crippen LogP contribution in [0.1, 0.15) is 23.8 Å². The van der Waals surface area contributed by atoms with E-state index in [1.54, 1.807) is 23.1 Å². The molecule has 0 aliphatic carbocycles. The van der Waals surface area contributed by atoms with Crippen LogP contribution in [0.25, 0.3) is 10.2 Å². The summed E-state index contributed by atoms with van der Waals surface area (Å²) < 4.78 is 6.08. The number of thioether (sulfide) groups is 1. The Hall–Kier alpha value is -1.64. The molecule has 1 aromatic heterocycles. The Morgan fingerprint density at radius 3 is 2.75 bits per heavy atom. The fourth-order valence-electron chi connectivity index (χ4n) is 3.84. The lowest BCUT2D eigenvalue weighted by Gasteiger charge is -2.35. The predicted molar refractivity (Wildman–Crippen MR) is 113 cm³/mol. The molecule has 0 spiro atoms. The third-order valence-corrected chi connectivity index (χ3v) is 7.85. The summed E-state index contributed by atoms with van der Waals surface area (Å²) in [7, 11) is 1.40. The molecule has 0 radical (unpaired) electrons. The van der Waals surface area contributed by atoms with E-state index in [-0.39, 0.29) is 17.1 Å². The predicted octanol–water partition coefficient (Wildman–Crippen LogP) is 2.59. The van der Waals surface area contributed by atoms with Gasteiger partial charge in [-0.2, -0.15) is 0 Å². The third-order valence-electron chi connectivity index (χ3n) is 5.49. The second-order valence-corrected chi connectivity index (χ2v) is 9.67. The van der Waals surface area contributed by atoms with Crippen LogP contribution < -0.4 is 0 Å². The zero-order valence-electron chi connectivity index (χ0n) is 16.0. The third kappa shape index (κ3) is 4.34. The van der Waals surface area contributed by atoms with Crippen molar-refractivity contribution in [1.29, 1.82) is 0 Å². The quantitative estimate of drug-likeness (QED) is 0.710. The number of nitrogens with zero attached hydrogens (tertiary/aromatic N) is 3. The minimum atomic E-state index is -0.257. The van der Waals surface area contributed by atoms with Crippen molar-refractivity contribution < 1.29 is 14.3 Å². The highest BCUT2D eigenvalue weighted by atomic mass is 32.2. The summed E-state index contributed by atoms with van der Waals surface area (Å²) in [6, 6.07) is 8.29. The van der Waals surface area contributed by atoms with E-state index in [0.717, 1.165) is 37.2 Å². The van der Waals surface area contributed by atoms with Gasteiger partial charge in [-0.25, -0.2) is 4.98 Å². The zero-order chi connectivity index (χ0) is 19.5. The van der Waals surface area contributed by atoms with Crippen molar-refractivity contribution in [2.24, 2.45) is 0 Å². The van der Waals surface area contributed by atoms with Gasteiger partial charge in [0.2, 0.25) is 5.91 Å². The van der Waals surface area contributed by atoms with Crippen molar-refractivity contribution >= 4 is 45.2 Å². The van der Waals surface area contributed by atoms with E-state index in [1.165, 1.54) is 16.8 Å². The van der Waals surface area contributed by atoms with Crippen LogP contribution in [0, 0.1) is 0 Å². The molecule has 0 saturated carbocycles. The zero-order valence-corrected chi connectivity index (χ0v) is 17.6. The van der Waals surface area contributed by atoms with Crippen LogP contribution in [0.5, 0.6) is 0 Å². The van der Waals surface area contributed by atoms with Gasteiger partial charge in [0.05, 0.1) is 28.9 Å². The maximum absolute atomic E-state index is 12.7. The van der Waals surface area contributed by atoms with E-state index in [0.29, 0.717) is 25.6 Å². The van der Waals surface area contributed by atoms with Gasteiger partial charge in [-0.05, 0) is 38.1 Å². The molecule has 4 rings (SSSR count). The van der Waals surface area contributed by atoms with Crippen LogP contribution in [0.15, 0.2) is 24.3 Å². The maximum Gasteiger partial charge on any atom is 0.320 e. The summed E-state index contributed by atoms with van der Waals surface area (Å²) in [5, 5.41) is 0.966. The maximum atomic E-state index is 12.7. The summed E-state index contributed by atoms with van der Waals surface area (Å²) in [6.07, 6.45) is 2.07. The standard InChI is InChI=1S/C20H25N3O3S2/c1-26-20(25)17-12-23(10-11-27-17)18(24)13-22-8-6-14(7-9-22)19-21-15-4-2-3-5-16(15)28-19/h2-5,14,17H,6-13H2,1H3/t17-/m1/s1. The summed E-state index contributed by atoms with van der Waals surface area (Å²) in [6.45, 7) is 3.42. The van der Waals surface area contributed by atoms with Gasteiger partial charge >= 0.3 is 5.97 Å². The number of carbonyl (C=O) groups is 2. The van der Waals surface area contributed by atoms with Crippen molar-refractivity contribution in [3.8, 4) is 0 Å². The van der Waals surface area contributed by atoms with Gasteiger partial charge in [-0.1, -0.05) is 12.1 Å². The Labute approximate surface area is 173 Å². The molecule has 28 heavy (non-hydrogen) atoms. The lowest BCUT2D eigenvalue weighted by Crippen LogP contribution is -2.49. The number of fused-ring (bicyclic) bond motifs is 1. The van der Waals surface area contributed by atoms with E-state index >= 15 is 0 Å². The lowest BCUT2D eigenvalue weighted by molar-refractivity contribution is -0.141. The smallest absolute Gasteiger partial charge is 0.320 e. The Kier molecular flexibility index (Phi) is 6.18. The Morgan fingerprint density at radius 2 is 2.00 bits per heavy atom. The number of para-hydroxylation sites is 1. The number of amides is 1. The Morgan fingerprint density at radius 1 is 1.21 bits per heavy atom. The minimum absolute atomic E-state index is 0.118. The van der Waals surface area contributed by atoms with Gasteiger partial charge in [-0.3, -0.25) is 14.5 Å². The van der Waals surface area contributed by atoms with Crippen LogP contribution in [-0.4, -0.2) is 77.5 Å². The molecule has 3 heterocycles. The fourth-order valence-corrected chi connectivity index (χ4v) is 6.11. The number of hydrogen-bond acceptors (Lipinski definition) is 7. The van der Waals surface area contributed by atoms with Gasteiger partial charge in [0, 0.05) is 24.8 Å². The number of methoxy groups -OCH3 is 1. The molecule has 150 valence electrons. The molecule has 1 amide bonds. The Bertz CT molecular complexity index is 815. The second kappa shape index (κ2) is 8.80. The Balaban J connectivity index is 1.29. The topological polar surface area (TPSA) is 62.7 Å². The van der Waals surface area contributed by atoms with Crippen LogP contribution in [0.2, 0.25) is 0 Å². The molecule has 0 bridgehead atoms. The molecule has 1 aromatic carbocycles. The van der Waals surface area contributed by atoms with Crippen molar-refractivity contribution in [3.63, 3.8) is 0 Å². The van der Waals surface area contributed by atoms with E-state index in [2.05, 4.69) is 23.1 Å². The second-order valence-electron chi connectivity index (χ2n) is 7.29. The summed E-state index contributed by atoms with van der Waals surface area (Å²) >= 11 is 3.37. The highest BCUT2D eigenvalue weighted by molar-refractivity contribution is 8.00. The summed E-state index contributed by atoms with van der Waals surface area (Å²) in [4.78, 5) is 33.3. The van der Waals surface area contributed by atoms with E-state index in [4.69, 9.17) is 9.72 Å². The first-order valence-electron chi connectivity index (χ1n) is 9.69. The molecule has 2 aliphatic heterocycles. The number of carbonyl (C=O) groups excluding carboxylic acids is 2. The highest BCUT2D eigenvalue weighted by Crippen LogP contribution is 2.33. The van der Waals surface area contributed by atoms with Crippen LogP contribution in [0.3, 0.4) is 0 Å². The van der Waals surface area contributed by atoms with Crippen molar-refractivity contribution in [2.75, 3.05) is 45.6 Å². The molecule has 2 saturated heterocycles. The summed E-state index contributed by atoms with van der Waals surface area (Å²) in [5.41, 5.74) is 1.09. The van der Waals surface area contributed by atoms with Crippen molar-refractivity contribution in [2.45, 2.75) is 24.0 Å². The summed E-state index contributed by atoms with van der Waals surface area (Å²) in [5.74, 6) is 1.15. The number of aromatic nitrogens is 1. The number of ether oxygens (including phenoxy) is 1.